The van der Waals surface area contributed by atoms with E-state index in [1.165, 1.54) is 25.7 Å². The number of hydrogen-bond acceptors (Lipinski definition) is 2. The molecule has 0 saturated carbocycles. The van der Waals surface area contributed by atoms with Crippen LogP contribution in [0.15, 0.2) is 30.3 Å². The summed E-state index contributed by atoms with van der Waals surface area (Å²) in [5, 5.41) is 0. The molecule has 0 N–H and O–H groups in total. The monoisotopic (exact) mass is 276 g/mol. The minimum atomic E-state index is 0.215. The van der Waals surface area contributed by atoms with Gasteiger partial charge >= 0.3 is 0 Å². The third-order valence-electron chi connectivity index (χ3n) is 3.69. The van der Waals surface area contributed by atoms with Gasteiger partial charge in [0.1, 0.15) is 0 Å². The predicted molar refractivity (Wildman–Crippen MR) is 84.1 cm³/mol. The van der Waals surface area contributed by atoms with Crippen LogP contribution in [-0.2, 0) is 4.74 Å². The van der Waals surface area contributed by atoms with Crippen molar-refractivity contribution in [1.82, 2.24) is 0 Å². The van der Waals surface area contributed by atoms with Crippen LogP contribution in [0.5, 0.6) is 0 Å². The van der Waals surface area contributed by atoms with Crippen LogP contribution in [0, 0.1) is 5.92 Å². The van der Waals surface area contributed by atoms with Crippen molar-refractivity contribution in [2.75, 3.05) is 13.2 Å². The molecule has 0 amide bonds. The van der Waals surface area contributed by atoms with Crippen molar-refractivity contribution in [2.24, 2.45) is 5.92 Å². The SMILES string of the molecule is CCCCC(CC)COCCCC(=O)c1ccccc1. The number of carbonyl (C=O) groups is 1. The van der Waals surface area contributed by atoms with E-state index < -0.39 is 0 Å². The molecular formula is C18H28O2. The number of benzene rings is 1. The molecule has 0 spiro atoms. The van der Waals surface area contributed by atoms with Gasteiger partial charge < -0.3 is 4.74 Å². The molecule has 1 atom stereocenters. The molecule has 1 aromatic rings. The highest BCUT2D eigenvalue weighted by Gasteiger charge is 2.07. The van der Waals surface area contributed by atoms with Gasteiger partial charge in [-0.05, 0) is 18.8 Å². The Morgan fingerprint density at radius 1 is 1.15 bits per heavy atom. The van der Waals surface area contributed by atoms with Gasteiger partial charge in [0.2, 0.25) is 0 Å². The zero-order chi connectivity index (χ0) is 14.6. The van der Waals surface area contributed by atoms with E-state index in [0.717, 1.165) is 18.6 Å². The van der Waals surface area contributed by atoms with Gasteiger partial charge in [0, 0.05) is 25.2 Å². The molecule has 1 rings (SSSR count). The molecule has 0 heterocycles. The molecule has 0 radical (unpaired) electrons. The fourth-order valence-electron chi connectivity index (χ4n) is 2.25. The molecule has 0 aliphatic rings. The molecule has 112 valence electrons. The lowest BCUT2D eigenvalue weighted by Crippen LogP contribution is -2.10. The van der Waals surface area contributed by atoms with E-state index in [1.54, 1.807) is 0 Å². The number of hydrogen-bond donors (Lipinski definition) is 0. The second-order valence-corrected chi connectivity index (χ2v) is 5.38. The molecule has 2 nitrogen and oxygen atoms in total. The summed E-state index contributed by atoms with van der Waals surface area (Å²) in [4.78, 5) is 11.9. The Bertz CT molecular complexity index is 359. The molecule has 0 aliphatic heterocycles. The van der Waals surface area contributed by atoms with Crippen molar-refractivity contribution in [3.05, 3.63) is 35.9 Å². The molecule has 0 aliphatic carbocycles. The fourth-order valence-corrected chi connectivity index (χ4v) is 2.25. The van der Waals surface area contributed by atoms with Crippen molar-refractivity contribution in [3.8, 4) is 0 Å². The average Bonchev–Trinajstić information content (AvgIpc) is 2.50. The lowest BCUT2D eigenvalue weighted by molar-refractivity contribution is 0.0834. The molecule has 0 saturated heterocycles. The summed E-state index contributed by atoms with van der Waals surface area (Å²) < 4.78 is 5.72. The maximum Gasteiger partial charge on any atom is 0.162 e. The summed E-state index contributed by atoms with van der Waals surface area (Å²) in [5.41, 5.74) is 0.807. The molecule has 20 heavy (non-hydrogen) atoms. The first kappa shape index (κ1) is 16.9. The van der Waals surface area contributed by atoms with Crippen LogP contribution < -0.4 is 0 Å². The normalized spacial score (nSPS) is 12.3. The Hall–Kier alpha value is -1.15. The van der Waals surface area contributed by atoms with E-state index in [-0.39, 0.29) is 5.78 Å². The van der Waals surface area contributed by atoms with Gasteiger partial charge in [0.05, 0.1) is 0 Å². The predicted octanol–water partition coefficient (Wildman–Crippen LogP) is 4.88. The number of ether oxygens (including phenoxy) is 1. The second kappa shape index (κ2) is 10.6. The van der Waals surface area contributed by atoms with E-state index in [2.05, 4.69) is 13.8 Å². The smallest absolute Gasteiger partial charge is 0.162 e. The molecular weight excluding hydrogens is 248 g/mol. The third-order valence-corrected chi connectivity index (χ3v) is 3.69. The van der Waals surface area contributed by atoms with Gasteiger partial charge in [-0.2, -0.15) is 0 Å². The largest absolute Gasteiger partial charge is 0.381 e. The molecule has 1 unspecified atom stereocenters. The summed E-state index contributed by atoms with van der Waals surface area (Å²) in [6.45, 7) is 5.99. The lowest BCUT2D eigenvalue weighted by Gasteiger charge is -2.14. The summed E-state index contributed by atoms with van der Waals surface area (Å²) in [7, 11) is 0. The van der Waals surface area contributed by atoms with Crippen LogP contribution in [0.3, 0.4) is 0 Å². The highest BCUT2D eigenvalue weighted by atomic mass is 16.5. The number of Topliss-reactive ketones (excluding diaryl/α,β-unsaturated/α-hetero) is 1. The minimum Gasteiger partial charge on any atom is -0.381 e. The van der Waals surface area contributed by atoms with Crippen LogP contribution in [0.1, 0.15) is 62.7 Å². The summed E-state index contributed by atoms with van der Waals surface area (Å²) in [6, 6.07) is 9.50. The number of unbranched alkanes of at least 4 members (excludes halogenated alkanes) is 1. The lowest BCUT2D eigenvalue weighted by atomic mass is 10.0. The van der Waals surface area contributed by atoms with Crippen molar-refractivity contribution in [2.45, 2.75) is 52.4 Å². The Labute approximate surface area is 123 Å². The molecule has 0 bridgehead atoms. The van der Waals surface area contributed by atoms with Crippen molar-refractivity contribution in [3.63, 3.8) is 0 Å². The zero-order valence-electron chi connectivity index (χ0n) is 12.9. The molecule has 0 aromatic heterocycles. The summed E-state index contributed by atoms with van der Waals surface area (Å²) in [5.74, 6) is 0.895. The quantitative estimate of drug-likeness (QED) is 0.425. The second-order valence-electron chi connectivity index (χ2n) is 5.38. The first-order valence-electron chi connectivity index (χ1n) is 7.93. The van der Waals surface area contributed by atoms with Gasteiger partial charge in [0.25, 0.3) is 0 Å². The van der Waals surface area contributed by atoms with Gasteiger partial charge in [-0.3, -0.25) is 4.79 Å². The fraction of sp³-hybridized carbons (Fsp3) is 0.611. The van der Waals surface area contributed by atoms with Crippen LogP contribution in [0.25, 0.3) is 0 Å². The van der Waals surface area contributed by atoms with Crippen LogP contribution >= 0.6 is 0 Å². The van der Waals surface area contributed by atoms with Crippen molar-refractivity contribution < 1.29 is 9.53 Å². The number of carbonyl (C=O) groups excluding carboxylic acids is 1. The first-order chi connectivity index (χ1) is 9.77. The molecule has 1 aromatic carbocycles. The Morgan fingerprint density at radius 3 is 2.55 bits per heavy atom. The highest BCUT2D eigenvalue weighted by molar-refractivity contribution is 5.95. The summed E-state index contributed by atoms with van der Waals surface area (Å²) in [6.07, 6.45) is 6.38. The topological polar surface area (TPSA) is 26.3 Å². The van der Waals surface area contributed by atoms with Gasteiger partial charge in [-0.15, -0.1) is 0 Å². The van der Waals surface area contributed by atoms with Crippen LogP contribution in [0.4, 0.5) is 0 Å². The van der Waals surface area contributed by atoms with E-state index in [4.69, 9.17) is 4.74 Å². The third kappa shape index (κ3) is 6.85. The van der Waals surface area contributed by atoms with Gasteiger partial charge in [-0.1, -0.05) is 63.4 Å². The summed E-state index contributed by atoms with van der Waals surface area (Å²) >= 11 is 0. The van der Waals surface area contributed by atoms with Crippen molar-refractivity contribution in [1.29, 1.82) is 0 Å². The highest BCUT2D eigenvalue weighted by Crippen LogP contribution is 2.13. The number of ketones is 1. The Balaban J connectivity index is 2.11. The standard InChI is InChI=1S/C18H28O2/c1-3-5-10-16(4-2)15-20-14-9-13-18(19)17-11-7-6-8-12-17/h6-8,11-12,16H,3-5,9-10,13-15H2,1-2H3. The van der Waals surface area contributed by atoms with E-state index in [9.17, 15) is 4.79 Å². The minimum absolute atomic E-state index is 0.215. The maximum atomic E-state index is 11.9. The van der Waals surface area contributed by atoms with E-state index in [1.807, 2.05) is 30.3 Å². The van der Waals surface area contributed by atoms with Crippen molar-refractivity contribution >= 4 is 5.78 Å². The van der Waals surface area contributed by atoms with Gasteiger partial charge in [0.15, 0.2) is 5.78 Å². The van der Waals surface area contributed by atoms with E-state index >= 15 is 0 Å². The molecule has 2 heteroatoms. The average molecular weight is 276 g/mol. The first-order valence-corrected chi connectivity index (χ1v) is 7.93. The number of rotatable bonds is 11. The maximum absolute atomic E-state index is 11.9. The van der Waals surface area contributed by atoms with Crippen LogP contribution in [0.2, 0.25) is 0 Å². The van der Waals surface area contributed by atoms with E-state index in [0.29, 0.717) is 18.9 Å². The van der Waals surface area contributed by atoms with Crippen LogP contribution in [-0.4, -0.2) is 19.0 Å². The Morgan fingerprint density at radius 2 is 1.90 bits per heavy atom. The van der Waals surface area contributed by atoms with Gasteiger partial charge in [-0.25, -0.2) is 0 Å². The zero-order valence-corrected chi connectivity index (χ0v) is 12.9. The molecule has 0 fully saturated rings. The Kier molecular flexibility index (Phi) is 8.97.